The highest BCUT2D eigenvalue weighted by Gasteiger charge is 2.38. The second-order valence-corrected chi connectivity index (χ2v) is 10.1. The van der Waals surface area contributed by atoms with E-state index in [1.165, 1.54) is 23.1 Å². The number of nitrogens with zero attached hydrogens (tertiary/aromatic N) is 3. The standard InChI is InChI=1S/C29H30F3N3O3/c30-23-17-19(18-24(31)27(23)32)5-6-26(36)33-12-7-21(8-13-33)28(29(37)38)34-14-10-22(11-15-34)35-16-9-20-3-1-2-4-25(20)35/h1-6,9,16-18,21-22,28H,7-8,10-15H2,(H,37,38)/b6-5+. The van der Waals surface area contributed by atoms with Gasteiger partial charge in [0.2, 0.25) is 5.91 Å². The lowest BCUT2D eigenvalue weighted by Crippen LogP contribution is -2.52. The first-order valence-electron chi connectivity index (χ1n) is 13.0. The van der Waals surface area contributed by atoms with Crippen molar-refractivity contribution in [2.45, 2.75) is 37.8 Å². The summed E-state index contributed by atoms with van der Waals surface area (Å²) in [5, 5.41) is 11.3. The summed E-state index contributed by atoms with van der Waals surface area (Å²) < 4.78 is 42.3. The quantitative estimate of drug-likeness (QED) is 0.359. The smallest absolute Gasteiger partial charge is 0.321 e. The van der Waals surface area contributed by atoms with Crippen molar-refractivity contribution in [3.05, 3.63) is 77.8 Å². The molecule has 5 rings (SSSR count). The van der Waals surface area contributed by atoms with Gasteiger partial charge in [0, 0.05) is 50.0 Å². The van der Waals surface area contributed by atoms with Gasteiger partial charge in [-0.3, -0.25) is 14.5 Å². The van der Waals surface area contributed by atoms with E-state index in [0.717, 1.165) is 25.0 Å². The molecule has 1 N–H and O–H groups in total. The van der Waals surface area contributed by atoms with Gasteiger partial charge in [-0.1, -0.05) is 18.2 Å². The number of carbonyl (C=O) groups excluding carboxylic acids is 1. The molecule has 2 saturated heterocycles. The molecule has 2 aliphatic heterocycles. The minimum absolute atomic E-state index is 0.0480. The lowest BCUT2D eigenvalue weighted by molar-refractivity contribution is -0.147. The van der Waals surface area contributed by atoms with E-state index in [0.29, 0.717) is 45.1 Å². The van der Waals surface area contributed by atoms with Gasteiger partial charge in [-0.25, -0.2) is 13.2 Å². The monoisotopic (exact) mass is 525 g/mol. The number of carboxylic acid groups (broad SMARTS) is 1. The zero-order valence-electron chi connectivity index (χ0n) is 20.9. The molecule has 2 aliphatic rings. The molecule has 3 aromatic rings. The summed E-state index contributed by atoms with van der Waals surface area (Å²) in [6.45, 7) is 2.19. The number of rotatable bonds is 6. The number of aromatic nitrogens is 1. The molecule has 1 aromatic heterocycles. The van der Waals surface area contributed by atoms with Crippen LogP contribution in [0.25, 0.3) is 17.0 Å². The second kappa shape index (κ2) is 11.0. The highest BCUT2D eigenvalue weighted by atomic mass is 19.2. The fraction of sp³-hybridized carbons (Fsp3) is 0.379. The Morgan fingerprint density at radius 1 is 0.921 bits per heavy atom. The Kier molecular flexibility index (Phi) is 7.56. The van der Waals surface area contributed by atoms with E-state index < -0.39 is 29.5 Å². The van der Waals surface area contributed by atoms with Crippen molar-refractivity contribution in [1.29, 1.82) is 0 Å². The molecule has 0 bridgehead atoms. The summed E-state index contributed by atoms with van der Waals surface area (Å²) in [4.78, 5) is 28.6. The Morgan fingerprint density at radius 3 is 2.24 bits per heavy atom. The van der Waals surface area contributed by atoms with Crippen molar-refractivity contribution in [3.63, 3.8) is 0 Å². The summed E-state index contributed by atoms with van der Waals surface area (Å²) in [6.07, 6.45) is 7.42. The lowest BCUT2D eigenvalue weighted by Gasteiger charge is -2.42. The molecule has 1 unspecified atom stereocenters. The molecule has 3 heterocycles. The van der Waals surface area contributed by atoms with E-state index in [1.54, 1.807) is 4.90 Å². The third-order valence-corrected chi connectivity index (χ3v) is 7.89. The lowest BCUT2D eigenvalue weighted by atomic mass is 9.87. The summed E-state index contributed by atoms with van der Waals surface area (Å²) >= 11 is 0. The van der Waals surface area contributed by atoms with Crippen molar-refractivity contribution >= 4 is 28.9 Å². The fourth-order valence-corrected chi connectivity index (χ4v) is 5.90. The molecule has 1 atom stereocenters. The molecule has 6 nitrogen and oxygen atoms in total. The first-order chi connectivity index (χ1) is 18.3. The number of carboxylic acids is 1. The van der Waals surface area contributed by atoms with Crippen molar-refractivity contribution < 1.29 is 27.9 Å². The number of halogens is 3. The van der Waals surface area contributed by atoms with Crippen LogP contribution in [0.2, 0.25) is 0 Å². The van der Waals surface area contributed by atoms with Crippen LogP contribution in [0.3, 0.4) is 0 Å². The minimum Gasteiger partial charge on any atom is -0.480 e. The van der Waals surface area contributed by atoms with Crippen LogP contribution < -0.4 is 0 Å². The van der Waals surface area contributed by atoms with Crippen LogP contribution in [-0.4, -0.2) is 63.6 Å². The minimum atomic E-state index is -1.55. The maximum atomic E-state index is 13.4. The van der Waals surface area contributed by atoms with E-state index in [2.05, 4.69) is 33.9 Å². The van der Waals surface area contributed by atoms with E-state index >= 15 is 0 Å². The van der Waals surface area contributed by atoms with Crippen molar-refractivity contribution in [3.8, 4) is 0 Å². The summed E-state index contributed by atoms with van der Waals surface area (Å²) in [6, 6.07) is 11.8. The SMILES string of the molecule is O=C(O)C(C1CCN(C(=O)/C=C/c2cc(F)c(F)c(F)c2)CC1)N1CCC(n2ccc3ccccc32)CC1. The number of fused-ring (bicyclic) bond motifs is 1. The Hall–Kier alpha value is -3.59. The topological polar surface area (TPSA) is 65.8 Å². The van der Waals surface area contributed by atoms with Gasteiger partial charge in [-0.2, -0.15) is 0 Å². The Balaban J connectivity index is 1.17. The Labute approximate surface area is 218 Å². The summed E-state index contributed by atoms with van der Waals surface area (Å²) in [5.41, 5.74) is 1.24. The average Bonchev–Trinajstić information content (AvgIpc) is 3.35. The Morgan fingerprint density at radius 2 is 1.58 bits per heavy atom. The summed E-state index contributed by atoms with van der Waals surface area (Å²) in [7, 11) is 0. The largest absolute Gasteiger partial charge is 0.480 e. The molecular weight excluding hydrogens is 495 g/mol. The molecule has 0 radical (unpaired) electrons. The fourth-order valence-electron chi connectivity index (χ4n) is 5.90. The molecule has 200 valence electrons. The number of hydrogen-bond acceptors (Lipinski definition) is 3. The van der Waals surface area contributed by atoms with Gasteiger partial charge in [0.15, 0.2) is 17.5 Å². The van der Waals surface area contributed by atoms with Gasteiger partial charge in [-0.05, 0) is 72.9 Å². The molecule has 0 saturated carbocycles. The predicted octanol–water partition coefficient (Wildman–Crippen LogP) is 5.10. The highest BCUT2D eigenvalue weighted by Crippen LogP contribution is 2.32. The molecule has 2 aromatic carbocycles. The Bertz CT molecular complexity index is 1330. The molecule has 2 fully saturated rings. The van der Waals surface area contributed by atoms with Crippen LogP contribution in [-0.2, 0) is 9.59 Å². The second-order valence-electron chi connectivity index (χ2n) is 10.1. The molecule has 0 aliphatic carbocycles. The number of amides is 1. The van der Waals surface area contributed by atoms with E-state index in [9.17, 15) is 27.9 Å². The maximum absolute atomic E-state index is 13.4. The molecule has 9 heteroatoms. The maximum Gasteiger partial charge on any atom is 0.321 e. The van der Waals surface area contributed by atoms with Gasteiger partial charge in [0.05, 0.1) is 0 Å². The predicted molar refractivity (Wildman–Crippen MR) is 138 cm³/mol. The number of piperidine rings is 2. The zero-order chi connectivity index (χ0) is 26.8. The van der Waals surface area contributed by atoms with E-state index in [-0.39, 0.29) is 17.4 Å². The van der Waals surface area contributed by atoms with Crippen molar-refractivity contribution in [2.75, 3.05) is 26.2 Å². The van der Waals surface area contributed by atoms with Gasteiger partial charge in [-0.15, -0.1) is 0 Å². The average molecular weight is 526 g/mol. The highest BCUT2D eigenvalue weighted by molar-refractivity contribution is 5.91. The van der Waals surface area contributed by atoms with Gasteiger partial charge in [0.1, 0.15) is 6.04 Å². The van der Waals surface area contributed by atoms with Gasteiger partial charge < -0.3 is 14.6 Å². The number of hydrogen-bond donors (Lipinski definition) is 1. The first kappa shape index (κ1) is 26.0. The van der Waals surface area contributed by atoms with Crippen molar-refractivity contribution in [1.82, 2.24) is 14.4 Å². The number of benzene rings is 2. The number of para-hydroxylation sites is 1. The number of aliphatic carboxylic acids is 1. The van der Waals surface area contributed by atoms with Crippen LogP contribution in [0.4, 0.5) is 13.2 Å². The molecule has 0 spiro atoms. The molecular formula is C29H30F3N3O3. The summed E-state index contributed by atoms with van der Waals surface area (Å²) in [5.74, 6) is -5.43. The molecule has 38 heavy (non-hydrogen) atoms. The van der Waals surface area contributed by atoms with E-state index in [4.69, 9.17) is 0 Å². The third kappa shape index (κ3) is 5.34. The van der Waals surface area contributed by atoms with Crippen LogP contribution in [0.5, 0.6) is 0 Å². The third-order valence-electron chi connectivity index (χ3n) is 7.89. The van der Waals surface area contributed by atoms with E-state index in [1.807, 2.05) is 12.1 Å². The van der Waals surface area contributed by atoms with Crippen molar-refractivity contribution in [2.24, 2.45) is 5.92 Å². The van der Waals surface area contributed by atoms with Crippen LogP contribution in [0.15, 0.2) is 54.7 Å². The normalized spacial score (nSPS) is 18.9. The van der Waals surface area contributed by atoms with Gasteiger partial charge in [0.25, 0.3) is 0 Å². The van der Waals surface area contributed by atoms with Crippen LogP contribution in [0, 0.1) is 23.4 Å². The number of carbonyl (C=O) groups is 2. The molecule has 1 amide bonds. The van der Waals surface area contributed by atoms with Gasteiger partial charge >= 0.3 is 5.97 Å². The zero-order valence-corrected chi connectivity index (χ0v) is 20.9. The van der Waals surface area contributed by atoms with Crippen LogP contribution in [0.1, 0.15) is 37.3 Å². The first-order valence-corrected chi connectivity index (χ1v) is 13.0. The number of likely N-dealkylation sites (tertiary alicyclic amines) is 2. The van der Waals surface area contributed by atoms with Crippen LogP contribution >= 0.6 is 0 Å².